The van der Waals surface area contributed by atoms with Gasteiger partial charge in [0.05, 0.1) is 19.3 Å². The van der Waals surface area contributed by atoms with Crippen molar-refractivity contribution >= 4 is 0 Å². The first-order chi connectivity index (χ1) is 9.83. The van der Waals surface area contributed by atoms with Crippen LogP contribution in [0.5, 0.6) is 0 Å². The van der Waals surface area contributed by atoms with Crippen molar-refractivity contribution in [2.75, 3.05) is 19.7 Å². The second-order valence-corrected chi connectivity index (χ2v) is 5.18. The number of nitrogens with zero attached hydrogens (tertiary/aromatic N) is 4. The van der Waals surface area contributed by atoms with Gasteiger partial charge in [-0.3, -0.25) is 14.6 Å². The van der Waals surface area contributed by atoms with Crippen LogP contribution in [0, 0.1) is 0 Å². The van der Waals surface area contributed by atoms with Crippen LogP contribution in [0.3, 0.4) is 0 Å². The molecule has 5 heteroatoms. The van der Waals surface area contributed by atoms with Gasteiger partial charge in [-0.05, 0) is 24.6 Å². The molecule has 0 aliphatic carbocycles. The minimum absolute atomic E-state index is 0.197. The van der Waals surface area contributed by atoms with Crippen LogP contribution in [0.4, 0.5) is 0 Å². The quantitative estimate of drug-likeness (QED) is 0.850. The lowest BCUT2D eigenvalue weighted by molar-refractivity contribution is -0.0497. The fraction of sp³-hybridized carbons (Fsp3) is 0.467. The van der Waals surface area contributed by atoms with Gasteiger partial charge in [0, 0.05) is 43.9 Å². The highest BCUT2D eigenvalue weighted by molar-refractivity contribution is 5.13. The van der Waals surface area contributed by atoms with E-state index in [1.807, 2.05) is 35.4 Å². The molecule has 0 radical (unpaired) electrons. The van der Waals surface area contributed by atoms with Crippen LogP contribution < -0.4 is 0 Å². The zero-order chi connectivity index (χ0) is 13.8. The minimum Gasteiger partial charge on any atom is -0.374 e. The molecule has 0 N–H and O–H groups in total. The molecular formula is C15H20N4O. The van der Waals surface area contributed by atoms with Gasteiger partial charge >= 0.3 is 0 Å². The van der Waals surface area contributed by atoms with Crippen molar-refractivity contribution in [1.82, 2.24) is 19.7 Å². The summed E-state index contributed by atoms with van der Waals surface area (Å²) < 4.78 is 7.78. The van der Waals surface area contributed by atoms with Crippen molar-refractivity contribution in [3.8, 4) is 0 Å². The third-order valence-electron chi connectivity index (χ3n) is 3.83. The molecule has 2 aromatic rings. The van der Waals surface area contributed by atoms with Crippen LogP contribution in [0.1, 0.15) is 18.5 Å². The van der Waals surface area contributed by atoms with E-state index in [1.54, 1.807) is 6.20 Å². The van der Waals surface area contributed by atoms with Crippen molar-refractivity contribution in [3.63, 3.8) is 0 Å². The van der Waals surface area contributed by atoms with Gasteiger partial charge < -0.3 is 4.74 Å². The molecule has 3 rings (SSSR count). The number of pyridine rings is 1. The predicted octanol–water partition coefficient (Wildman–Crippen LogP) is 1.74. The smallest absolute Gasteiger partial charge is 0.0898 e. The summed E-state index contributed by atoms with van der Waals surface area (Å²) >= 11 is 0. The normalized spacial score (nSPS) is 21.8. The molecular weight excluding hydrogens is 252 g/mol. The van der Waals surface area contributed by atoms with Gasteiger partial charge in [0.2, 0.25) is 0 Å². The first-order valence-electron chi connectivity index (χ1n) is 7.06. The zero-order valence-corrected chi connectivity index (χ0v) is 11.7. The Morgan fingerprint density at radius 3 is 3.10 bits per heavy atom. The molecule has 0 amide bonds. The van der Waals surface area contributed by atoms with E-state index in [0.717, 1.165) is 26.2 Å². The van der Waals surface area contributed by atoms with E-state index in [1.165, 1.54) is 5.56 Å². The molecule has 0 unspecified atom stereocenters. The molecule has 1 aliphatic rings. The summed E-state index contributed by atoms with van der Waals surface area (Å²) in [4.78, 5) is 6.66. The van der Waals surface area contributed by atoms with E-state index in [0.29, 0.717) is 6.04 Å². The summed E-state index contributed by atoms with van der Waals surface area (Å²) in [6.45, 7) is 5.70. The van der Waals surface area contributed by atoms with Gasteiger partial charge in [-0.2, -0.15) is 5.10 Å². The van der Waals surface area contributed by atoms with Crippen LogP contribution in [0.15, 0.2) is 43.0 Å². The second kappa shape index (κ2) is 6.15. The summed E-state index contributed by atoms with van der Waals surface area (Å²) in [6.07, 6.45) is 7.74. The Morgan fingerprint density at radius 2 is 2.35 bits per heavy atom. The van der Waals surface area contributed by atoms with Crippen LogP contribution in [0.25, 0.3) is 0 Å². The number of rotatable bonds is 4. The number of hydrogen-bond donors (Lipinski definition) is 0. The third-order valence-corrected chi connectivity index (χ3v) is 3.83. The molecule has 3 heterocycles. The third kappa shape index (κ3) is 3.05. The molecule has 1 saturated heterocycles. The standard InChI is InChI=1S/C15H20N4O/c1-13(14-4-2-5-16-10-14)18-8-9-20-15(11-18)12-19-7-3-6-17-19/h2-7,10,13,15H,8-9,11-12H2,1H3/t13-,15+/m1/s1. The lowest BCUT2D eigenvalue weighted by Crippen LogP contribution is -2.45. The van der Waals surface area contributed by atoms with Crippen LogP contribution in [0.2, 0.25) is 0 Å². The van der Waals surface area contributed by atoms with Crippen molar-refractivity contribution in [1.29, 1.82) is 0 Å². The summed E-state index contributed by atoms with van der Waals surface area (Å²) in [7, 11) is 0. The van der Waals surface area contributed by atoms with Gasteiger partial charge in [0.25, 0.3) is 0 Å². The van der Waals surface area contributed by atoms with Gasteiger partial charge in [0.15, 0.2) is 0 Å². The summed E-state index contributed by atoms with van der Waals surface area (Å²) in [6, 6.07) is 6.44. The minimum atomic E-state index is 0.197. The molecule has 106 valence electrons. The van der Waals surface area contributed by atoms with Crippen molar-refractivity contribution in [3.05, 3.63) is 48.5 Å². The molecule has 1 fully saturated rings. The Balaban J connectivity index is 1.63. The Labute approximate surface area is 119 Å². The Kier molecular flexibility index (Phi) is 4.08. The molecule has 1 aliphatic heterocycles. The van der Waals surface area contributed by atoms with Crippen molar-refractivity contribution in [2.45, 2.75) is 25.6 Å². The van der Waals surface area contributed by atoms with Gasteiger partial charge in [-0.25, -0.2) is 0 Å². The summed E-state index contributed by atoms with van der Waals surface area (Å²) in [5, 5.41) is 4.25. The highest BCUT2D eigenvalue weighted by Crippen LogP contribution is 2.22. The monoisotopic (exact) mass is 272 g/mol. The second-order valence-electron chi connectivity index (χ2n) is 5.18. The van der Waals surface area contributed by atoms with Crippen LogP contribution >= 0.6 is 0 Å². The van der Waals surface area contributed by atoms with Crippen LogP contribution in [-0.4, -0.2) is 45.5 Å². The van der Waals surface area contributed by atoms with E-state index >= 15 is 0 Å². The maximum absolute atomic E-state index is 5.85. The summed E-state index contributed by atoms with van der Waals surface area (Å²) in [5.41, 5.74) is 1.26. The van der Waals surface area contributed by atoms with Gasteiger partial charge in [-0.1, -0.05) is 6.07 Å². The highest BCUT2D eigenvalue weighted by atomic mass is 16.5. The maximum Gasteiger partial charge on any atom is 0.0898 e. The lowest BCUT2D eigenvalue weighted by atomic mass is 10.1. The number of aromatic nitrogens is 3. The maximum atomic E-state index is 5.85. The van der Waals surface area contributed by atoms with E-state index in [-0.39, 0.29) is 6.10 Å². The molecule has 5 nitrogen and oxygen atoms in total. The van der Waals surface area contributed by atoms with Crippen LogP contribution in [-0.2, 0) is 11.3 Å². The van der Waals surface area contributed by atoms with E-state index in [2.05, 4.69) is 28.0 Å². The highest BCUT2D eigenvalue weighted by Gasteiger charge is 2.25. The van der Waals surface area contributed by atoms with E-state index in [4.69, 9.17) is 4.74 Å². The van der Waals surface area contributed by atoms with E-state index in [9.17, 15) is 0 Å². The number of ether oxygens (including phenoxy) is 1. The van der Waals surface area contributed by atoms with E-state index < -0.39 is 0 Å². The molecule has 2 aromatic heterocycles. The zero-order valence-electron chi connectivity index (χ0n) is 11.7. The lowest BCUT2D eigenvalue weighted by Gasteiger charge is -2.36. The average molecular weight is 272 g/mol. The number of hydrogen-bond acceptors (Lipinski definition) is 4. The van der Waals surface area contributed by atoms with Gasteiger partial charge in [0.1, 0.15) is 0 Å². The molecule has 0 saturated carbocycles. The predicted molar refractivity (Wildman–Crippen MR) is 76.2 cm³/mol. The number of morpholine rings is 1. The Morgan fingerprint density at radius 1 is 1.40 bits per heavy atom. The largest absolute Gasteiger partial charge is 0.374 e. The first-order valence-corrected chi connectivity index (χ1v) is 7.06. The fourth-order valence-corrected chi connectivity index (χ4v) is 2.66. The van der Waals surface area contributed by atoms with Gasteiger partial charge in [-0.15, -0.1) is 0 Å². The topological polar surface area (TPSA) is 43.2 Å². The molecule has 20 heavy (non-hydrogen) atoms. The summed E-state index contributed by atoms with van der Waals surface area (Å²) in [5.74, 6) is 0. The average Bonchev–Trinajstić information content (AvgIpc) is 3.01. The molecule has 0 aromatic carbocycles. The first kappa shape index (κ1) is 13.3. The molecule has 0 spiro atoms. The Hall–Kier alpha value is -1.72. The Bertz CT molecular complexity index is 514. The van der Waals surface area contributed by atoms with Crippen molar-refractivity contribution in [2.24, 2.45) is 0 Å². The molecule has 2 atom stereocenters. The molecule has 0 bridgehead atoms. The SMILES string of the molecule is C[C@H](c1cccnc1)N1CCO[C@H](Cn2cccn2)C1. The van der Waals surface area contributed by atoms with Crippen molar-refractivity contribution < 1.29 is 4.74 Å². The fourth-order valence-electron chi connectivity index (χ4n) is 2.66.